The Morgan fingerprint density at radius 1 is 1.28 bits per heavy atom. The third-order valence-electron chi connectivity index (χ3n) is 4.56. The number of rotatable bonds is 5. The summed E-state index contributed by atoms with van der Waals surface area (Å²) in [6.07, 6.45) is 1.60. The van der Waals surface area contributed by atoms with Crippen molar-refractivity contribution in [3.05, 3.63) is 85.8 Å². The van der Waals surface area contributed by atoms with E-state index in [0.717, 1.165) is 15.1 Å². The van der Waals surface area contributed by atoms with Crippen LogP contribution in [0.25, 0.3) is 5.65 Å². The van der Waals surface area contributed by atoms with E-state index in [0.29, 0.717) is 11.3 Å². The maximum Gasteiger partial charge on any atom is 0.350 e. The van der Waals surface area contributed by atoms with Crippen LogP contribution in [-0.4, -0.2) is 20.1 Å². The molecule has 0 saturated carbocycles. The maximum atomic E-state index is 13.6. The largest absolute Gasteiger partial charge is 0.350 e. The summed E-state index contributed by atoms with van der Waals surface area (Å²) in [6, 6.07) is 11.3. The van der Waals surface area contributed by atoms with Crippen LogP contribution in [0.2, 0.25) is 5.02 Å². The molecule has 0 saturated heterocycles. The molecule has 0 fully saturated rings. The monoisotopic (exact) mass is 430 g/mol. The van der Waals surface area contributed by atoms with E-state index in [1.165, 1.54) is 38.8 Å². The standard InChI is InChI=1S/C20H16ClFN4O2S/c1-13-7-9-29-17(13)11-25(14-5-6-16(22)15(21)10-14)19(27)12-26-20(28)24-8-3-2-4-18(24)23-26/h2-10H,11-12H2,1H3. The van der Waals surface area contributed by atoms with Gasteiger partial charge in [-0.2, -0.15) is 0 Å². The average molecular weight is 431 g/mol. The van der Waals surface area contributed by atoms with Gasteiger partial charge in [0.25, 0.3) is 0 Å². The number of benzene rings is 1. The minimum absolute atomic E-state index is 0.0758. The zero-order chi connectivity index (χ0) is 20.5. The molecule has 6 nitrogen and oxygen atoms in total. The molecule has 0 bridgehead atoms. The van der Waals surface area contributed by atoms with Crippen LogP contribution < -0.4 is 10.6 Å². The van der Waals surface area contributed by atoms with Gasteiger partial charge >= 0.3 is 5.69 Å². The fourth-order valence-corrected chi connectivity index (χ4v) is 4.04. The van der Waals surface area contributed by atoms with Crippen LogP contribution in [0.4, 0.5) is 10.1 Å². The Kier molecular flexibility index (Phi) is 5.21. The van der Waals surface area contributed by atoms with Gasteiger partial charge in [-0.25, -0.2) is 13.9 Å². The van der Waals surface area contributed by atoms with Gasteiger partial charge in [0, 0.05) is 16.8 Å². The molecule has 0 aliphatic heterocycles. The second-order valence-corrected chi connectivity index (χ2v) is 7.88. The predicted molar refractivity (Wildman–Crippen MR) is 111 cm³/mol. The lowest BCUT2D eigenvalue weighted by Gasteiger charge is -2.23. The minimum Gasteiger partial charge on any atom is -0.306 e. The first-order valence-corrected chi connectivity index (χ1v) is 10.0. The van der Waals surface area contributed by atoms with Crippen molar-refractivity contribution in [2.75, 3.05) is 4.90 Å². The van der Waals surface area contributed by atoms with Gasteiger partial charge in [0.1, 0.15) is 12.4 Å². The number of amides is 1. The van der Waals surface area contributed by atoms with Crippen LogP contribution in [0.15, 0.2) is 58.8 Å². The van der Waals surface area contributed by atoms with Crippen LogP contribution >= 0.6 is 22.9 Å². The number of halogens is 2. The lowest BCUT2D eigenvalue weighted by atomic mass is 10.2. The molecule has 0 radical (unpaired) electrons. The van der Waals surface area contributed by atoms with E-state index in [9.17, 15) is 14.0 Å². The topological polar surface area (TPSA) is 59.6 Å². The van der Waals surface area contributed by atoms with Crippen molar-refractivity contribution in [1.82, 2.24) is 14.2 Å². The van der Waals surface area contributed by atoms with Gasteiger partial charge in [0.2, 0.25) is 5.91 Å². The summed E-state index contributed by atoms with van der Waals surface area (Å²) in [7, 11) is 0. The van der Waals surface area contributed by atoms with E-state index in [2.05, 4.69) is 5.10 Å². The minimum atomic E-state index is -0.563. The number of hydrogen-bond acceptors (Lipinski definition) is 4. The van der Waals surface area contributed by atoms with Crippen LogP contribution in [0.3, 0.4) is 0 Å². The number of fused-ring (bicyclic) bond motifs is 1. The number of aryl methyl sites for hydroxylation is 1. The van der Waals surface area contributed by atoms with Gasteiger partial charge in [0.05, 0.1) is 11.6 Å². The van der Waals surface area contributed by atoms with Gasteiger partial charge < -0.3 is 4.90 Å². The zero-order valence-electron chi connectivity index (χ0n) is 15.4. The highest BCUT2D eigenvalue weighted by Gasteiger charge is 2.21. The smallest absolute Gasteiger partial charge is 0.306 e. The second kappa shape index (κ2) is 7.81. The Labute approximate surface area is 174 Å². The van der Waals surface area contributed by atoms with E-state index < -0.39 is 11.5 Å². The molecule has 0 N–H and O–H groups in total. The van der Waals surface area contributed by atoms with E-state index in [4.69, 9.17) is 11.6 Å². The number of aromatic nitrogens is 3. The summed E-state index contributed by atoms with van der Waals surface area (Å²) < 4.78 is 16.1. The number of nitrogens with zero attached hydrogens (tertiary/aromatic N) is 4. The number of pyridine rings is 1. The summed E-state index contributed by atoms with van der Waals surface area (Å²) in [4.78, 5) is 28.2. The zero-order valence-corrected chi connectivity index (χ0v) is 17.0. The molecular formula is C20H16ClFN4O2S. The lowest BCUT2D eigenvalue weighted by Crippen LogP contribution is -2.36. The molecule has 148 valence electrons. The first-order chi connectivity index (χ1) is 13.9. The summed E-state index contributed by atoms with van der Waals surface area (Å²) in [5, 5.41) is 6.08. The number of hydrogen-bond donors (Lipinski definition) is 0. The van der Waals surface area contributed by atoms with E-state index in [1.54, 1.807) is 24.4 Å². The van der Waals surface area contributed by atoms with Crippen LogP contribution in [0.5, 0.6) is 0 Å². The van der Waals surface area contributed by atoms with Gasteiger partial charge in [0.15, 0.2) is 5.65 Å². The van der Waals surface area contributed by atoms with Crippen LogP contribution in [-0.2, 0) is 17.9 Å². The molecule has 29 heavy (non-hydrogen) atoms. The highest BCUT2D eigenvalue weighted by molar-refractivity contribution is 7.10. The highest BCUT2D eigenvalue weighted by Crippen LogP contribution is 2.26. The van der Waals surface area contributed by atoms with E-state index in [-0.39, 0.29) is 24.0 Å². The van der Waals surface area contributed by atoms with Crippen molar-refractivity contribution < 1.29 is 9.18 Å². The van der Waals surface area contributed by atoms with Crippen LogP contribution in [0.1, 0.15) is 10.4 Å². The molecule has 0 spiro atoms. The average Bonchev–Trinajstić information content (AvgIpc) is 3.25. The predicted octanol–water partition coefficient (Wildman–Crippen LogP) is 3.89. The molecule has 9 heteroatoms. The molecule has 0 aliphatic carbocycles. The first-order valence-electron chi connectivity index (χ1n) is 8.76. The van der Waals surface area contributed by atoms with Crippen molar-refractivity contribution in [3.8, 4) is 0 Å². The first kappa shape index (κ1) is 19.4. The van der Waals surface area contributed by atoms with Crippen molar-refractivity contribution in [2.45, 2.75) is 20.0 Å². The molecule has 0 aliphatic rings. The third-order valence-corrected chi connectivity index (χ3v) is 5.86. The summed E-state index contributed by atoms with van der Waals surface area (Å²) >= 11 is 7.45. The fourth-order valence-electron chi connectivity index (χ4n) is 2.97. The Bertz CT molecular complexity index is 1260. The van der Waals surface area contributed by atoms with Crippen molar-refractivity contribution in [1.29, 1.82) is 0 Å². The van der Waals surface area contributed by atoms with Gasteiger partial charge in [-0.1, -0.05) is 17.7 Å². The Morgan fingerprint density at radius 2 is 2.10 bits per heavy atom. The van der Waals surface area contributed by atoms with Gasteiger partial charge in [-0.05, 0) is 54.3 Å². The van der Waals surface area contributed by atoms with Crippen LogP contribution in [0, 0.1) is 12.7 Å². The summed E-state index contributed by atoms with van der Waals surface area (Å²) in [5.41, 5.74) is 1.55. The quantitative estimate of drug-likeness (QED) is 0.482. The highest BCUT2D eigenvalue weighted by atomic mass is 35.5. The third kappa shape index (κ3) is 3.81. The number of carbonyl (C=O) groups excluding carboxylic acids is 1. The Morgan fingerprint density at radius 3 is 2.79 bits per heavy atom. The maximum absolute atomic E-state index is 13.6. The second-order valence-electron chi connectivity index (χ2n) is 6.47. The molecule has 4 rings (SSSR count). The molecule has 0 atom stereocenters. The fraction of sp³-hybridized carbons (Fsp3) is 0.150. The molecular weight excluding hydrogens is 415 g/mol. The van der Waals surface area contributed by atoms with E-state index >= 15 is 0 Å². The van der Waals surface area contributed by atoms with Crippen molar-refractivity contribution in [3.63, 3.8) is 0 Å². The van der Waals surface area contributed by atoms with Gasteiger partial charge in [-0.15, -0.1) is 16.4 Å². The van der Waals surface area contributed by atoms with Crippen molar-refractivity contribution >= 4 is 40.2 Å². The molecule has 1 aromatic carbocycles. The number of thiophene rings is 1. The lowest BCUT2D eigenvalue weighted by molar-refractivity contribution is -0.119. The number of carbonyl (C=O) groups is 1. The molecule has 4 aromatic rings. The molecule has 3 heterocycles. The summed E-state index contributed by atoms with van der Waals surface area (Å²) in [6.45, 7) is 1.99. The van der Waals surface area contributed by atoms with Gasteiger partial charge in [-0.3, -0.25) is 9.20 Å². The van der Waals surface area contributed by atoms with Crippen molar-refractivity contribution in [2.24, 2.45) is 0 Å². The van der Waals surface area contributed by atoms with E-state index in [1.807, 2.05) is 18.4 Å². The Balaban J connectivity index is 1.70. The SMILES string of the molecule is Cc1ccsc1CN(C(=O)Cn1nc2ccccn2c1=O)c1ccc(F)c(Cl)c1. The summed E-state index contributed by atoms with van der Waals surface area (Å²) in [5.74, 6) is -0.919. The Hall–Kier alpha value is -2.97. The number of anilines is 1. The molecule has 0 unspecified atom stereocenters. The molecule has 1 amide bonds. The normalized spacial score (nSPS) is 11.1. The molecule has 3 aromatic heterocycles.